The molecule has 0 radical (unpaired) electrons. The van der Waals surface area contributed by atoms with Gasteiger partial charge in [0.05, 0.1) is 0 Å². The van der Waals surface area contributed by atoms with Crippen molar-refractivity contribution in [3.05, 3.63) is 30.1 Å². The number of nitrogens with one attached hydrogen (secondary N) is 3. The summed E-state index contributed by atoms with van der Waals surface area (Å²) in [6.45, 7) is 0.880. The zero-order valence-electron chi connectivity index (χ0n) is 13.5. The Labute approximate surface area is 137 Å². The van der Waals surface area contributed by atoms with Crippen LogP contribution in [0.2, 0.25) is 0 Å². The normalized spacial score (nSPS) is 15.0. The maximum atomic E-state index is 11.8. The highest BCUT2D eigenvalue weighted by atomic mass is 16.2. The Hall–Kier alpha value is -2.11. The number of carbonyl (C=O) groups is 2. The van der Waals surface area contributed by atoms with Crippen molar-refractivity contribution in [1.29, 1.82) is 0 Å². The molecule has 3 amide bonds. The molecule has 1 aliphatic rings. The molecule has 6 heteroatoms. The zero-order chi connectivity index (χ0) is 16.3. The van der Waals surface area contributed by atoms with Crippen molar-refractivity contribution < 1.29 is 9.59 Å². The summed E-state index contributed by atoms with van der Waals surface area (Å²) < 4.78 is 0. The molecule has 1 saturated carbocycles. The first kappa shape index (κ1) is 17.2. The topological polar surface area (TPSA) is 83.1 Å². The van der Waals surface area contributed by atoms with E-state index in [2.05, 4.69) is 20.9 Å². The van der Waals surface area contributed by atoms with Crippen LogP contribution >= 0.6 is 0 Å². The van der Waals surface area contributed by atoms with E-state index in [0.29, 0.717) is 32.0 Å². The zero-order valence-corrected chi connectivity index (χ0v) is 13.5. The van der Waals surface area contributed by atoms with Gasteiger partial charge in [0.25, 0.3) is 0 Å². The second-order valence-corrected chi connectivity index (χ2v) is 5.91. The molecule has 0 aromatic carbocycles. The molecule has 1 fully saturated rings. The van der Waals surface area contributed by atoms with Crippen LogP contribution in [-0.2, 0) is 11.2 Å². The van der Waals surface area contributed by atoms with Crippen LogP contribution in [0.25, 0.3) is 0 Å². The molecule has 0 spiro atoms. The fourth-order valence-corrected chi connectivity index (χ4v) is 2.75. The maximum Gasteiger partial charge on any atom is 0.314 e. The molecule has 1 aromatic rings. The first-order chi connectivity index (χ1) is 11.2. The molecule has 0 bridgehead atoms. The van der Waals surface area contributed by atoms with Gasteiger partial charge in [-0.25, -0.2) is 4.79 Å². The molecule has 1 aromatic heterocycles. The molecule has 3 N–H and O–H groups in total. The third-order valence-electron chi connectivity index (χ3n) is 4.00. The number of rotatable bonds is 7. The van der Waals surface area contributed by atoms with Crippen LogP contribution in [-0.4, -0.2) is 36.1 Å². The van der Waals surface area contributed by atoms with E-state index in [1.165, 1.54) is 19.3 Å². The van der Waals surface area contributed by atoms with E-state index >= 15 is 0 Å². The Kier molecular flexibility index (Phi) is 7.36. The Balaban J connectivity index is 1.51. The molecule has 1 aliphatic carbocycles. The first-order valence-electron chi connectivity index (χ1n) is 8.45. The number of carbonyl (C=O) groups excluding carboxylic acids is 2. The van der Waals surface area contributed by atoms with Crippen LogP contribution in [0.1, 0.15) is 44.2 Å². The van der Waals surface area contributed by atoms with Gasteiger partial charge in [0.1, 0.15) is 0 Å². The molecular weight excluding hydrogens is 292 g/mol. The average Bonchev–Trinajstić information content (AvgIpc) is 2.57. The van der Waals surface area contributed by atoms with Gasteiger partial charge in [0.15, 0.2) is 0 Å². The van der Waals surface area contributed by atoms with Crippen molar-refractivity contribution in [2.24, 2.45) is 0 Å². The third kappa shape index (κ3) is 7.13. The van der Waals surface area contributed by atoms with Gasteiger partial charge in [-0.3, -0.25) is 9.78 Å². The van der Waals surface area contributed by atoms with Crippen molar-refractivity contribution in [2.45, 2.75) is 51.0 Å². The summed E-state index contributed by atoms with van der Waals surface area (Å²) in [5.74, 6) is 0.0192. The second kappa shape index (κ2) is 9.82. The van der Waals surface area contributed by atoms with Crippen LogP contribution in [0.4, 0.5) is 4.79 Å². The summed E-state index contributed by atoms with van der Waals surface area (Å²) in [5, 5.41) is 8.51. The molecule has 1 heterocycles. The first-order valence-corrected chi connectivity index (χ1v) is 8.45. The van der Waals surface area contributed by atoms with Gasteiger partial charge in [-0.2, -0.15) is 0 Å². The Morgan fingerprint density at radius 3 is 2.61 bits per heavy atom. The largest absolute Gasteiger partial charge is 0.353 e. The monoisotopic (exact) mass is 318 g/mol. The highest BCUT2D eigenvalue weighted by molar-refractivity contribution is 5.78. The number of hydrogen-bond donors (Lipinski definition) is 3. The standard InChI is InChI=1S/C17H26N4O2/c22-16(21-15-7-2-1-3-8-15)10-13-20-17(23)19-12-9-14-6-4-5-11-18-14/h4-6,11,15H,1-3,7-10,12-13H2,(H,21,22)(H2,19,20,23). The van der Waals surface area contributed by atoms with E-state index in [-0.39, 0.29) is 11.9 Å². The molecule has 0 saturated heterocycles. The maximum absolute atomic E-state index is 11.8. The van der Waals surface area contributed by atoms with E-state index in [4.69, 9.17) is 0 Å². The molecule has 2 rings (SSSR count). The fourth-order valence-electron chi connectivity index (χ4n) is 2.75. The Morgan fingerprint density at radius 2 is 1.87 bits per heavy atom. The lowest BCUT2D eigenvalue weighted by molar-refractivity contribution is -0.121. The molecule has 0 aliphatic heterocycles. The minimum absolute atomic E-state index is 0.0192. The predicted octanol–water partition coefficient (Wildman–Crippen LogP) is 1.76. The quantitative estimate of drug-likeness (QED) is 0.716. The van der Waals surface area contributed by atoms with E-state index < -0.39 is 0 Å². The van der Waals surface area contributed by atoms with Gasteiger partial charge in [-0.1, -0.05) is 25.3 Å². The number of aromatic nitrogens is 1. The summed E-state index contributed by atoms with van der Waals surface area (Å²) in [6.07, 6.45) is 8.57. The lowest BCUT2D eigenvalue weighted by atomic mass is 9.95. The van der Waals surface area contributed by atoms with Crippen LogP contribution in [0.3, 0.4) is 0 Å². The van der Waals surface area contributed by atoms with Crippen molar-refractivity contribution in [3.63, 3.8) is 0 Å². The summed E-state index contributed by atoms with van der Waals surface area (Å²) in [5.41, 5.74) is 0.944. The molecule has 126 valence electrons. The molecule has 0 unspecified atom stereocenters. The van der Waals surface area contributed by atoms with Crippen LogP contribution in [0.15, 0.2) is 24.4 Å². The average molecular weight is 318 g/mol. The van der Waals surface area contributed by atoms with Gasteiger partial charge < -0.3 is 16.0 Å². The second-order valence-electron chi connectivity index (χ2n) is 5.91. The van der Waals surface area contributed by atoms with Crippen molar-refractivity contribution in [2.75, 3.05) is 13.1 Å². The summed E-state index contributed by atoms with van der Waals surface area (Å²) >= 11 is 0. The van der Waals surface area contributed by atoms with E-state index in [1.807, 2.05) is 18.2 Å². The molecular formula is C17H26N4O2. The molecule has 23 heavy (non-hydrogen) atoms. The van der Waals surface area contributed by atoms with E-state index in [1.54, 1.807) is 6.20 Å². The fraction of sp³-hybridized carbons (Fsp3) is 0.588. The van der Waals surface area contributed by atoms with Gasteiger partial charge in [-0.15, -0.1) is 0 Å². The summed E-state index contributed by atoms with van der Waals surface area (Å²) in [4.78, 5) is 27.6. The SMILES string of the molecule is O=C(CCNC(=O)NCCc1ccccn1)NC1CCCCC1. The van der Waals surface area contributed by atoms with E-state index in [9.17, 15) is 9.59 Å². The van der Waals surface area contributed by atoms with Gasteiger partial charge >= 0.3 is 6.03 Å². The number of amides is 3. The lowest BCUT2D eigenvalue weighted by Gasteiger charge is -2.22. The van der Waals surface area contributed by atoms with Crippen molar-refractivity contribution in [3.8, 4) is 0 Å². The van der Waals surface area contributed by atoms with Gasteiger partial charge in [0, 0.05) is 43.9 Å². The van der Waals surface area contributed by atoms with Crippen LogP contribution in [0.5, 0.6) is 0 Å². The summed E-state index contributed by atoms with van der Waals surface area (Å²) in [7, 11) is 0. The Bertz CT molecular complexity index is 487. The minimum Gasteiger partial charge on any atom is -0.353 e. The molecule has 0 atom stereocenters. The van der Waals surface area contributed by atoms with Crippen molar-refractivity contribution >= 4 is 11.9 Å². The molecule has 6 nitrogen and oxygen atoms in total. The number of urea groups is 1. The number of pyridine rings is 1. The lowest BCUT2D eigenvalue weighted by Crippen LogP contribution is -2.40. The predicted molar refractivity (Wildman–Crippen MR) is 89.0 cm³/mol. The number of hydrogen-bond acceptors (Lipinski definition) is 3. The highest BCUT2D eigenvalue weighted by Crippen LogP contribution is 2.17. The smallest absolute Gasteiger partial charge is 0.314 e. The minimum atomic E-state index is -0.244. The summed E-state index contributed by atoms with van der Waals surface area (Å²) in [6, 6.07) is 5.79. The van der Waals surface area contributed by atoms with Gasteiger partial charge in [-0.05, 0) is 25.0 Å². The van der Waals surface area contributed by atoms with Crippen LogP contribution in [0, 0.1) is 0 Å². The third-order valence-corrected chi connectivity index (χ3v) is 4.00. The van der Waals surface area contributed by atoms with Crippen molar-refractivity contribution in [1.82, 2.24) is 20.9 Å². The number of nitrogens with zero attached hydrogens (tertiary/aromatic N) is 1. The van der Waals surface area contributed by atoms with E-state index in [0.717, 1.165) is 18.5 Å². The van der Waals surface area contributed by atoms with Crippen LogP contribution < -0.4 is 16.0 Å². The van der Waals surface area contributed by atoms with Gasteiger partial charge in [0.2, 0.25) is 5.91 Å². The highest BCUT2D eigenvalue weighted by Gasteiger charge is 2.15. The Morgan fingerprint density at radius 1 is 1.09 bits per heavy atom.